The van der Waals surface area contributed by atoms with Crippen LogP contribution >= 0.6 is 0 Å². The summed E-state index contributed by atoms with van der Waals surface area (Å²) in [6.45, 7) is 6.01. The van der Waals surface area contributed by atoms with Gasteiger partial charge in [-0.25, -0.2) is 4.39 Å². The van der Waals surface area contributed by atoms with Crippen LogP contribution in [0.2, 0.25) is 0 Å². The van der Waals surface area contributed by atoms with Gasteiger partial charge in [-0.05, 0) is 37.5 Å². The van der Waals surface area contributed by atoms with E-state index in [0.717, 1.165) is 43.5 Å². The molecule has 1 aromatic rings. The van der Waals surface area contributed by atoms with E-state index in [4.69, 9.17) is 0 Å². The third-order valence-electron chi connectivity index (χ3n) is 4.85. The van der Waals surface area contributed by atoms with Gasteiger partial charge in [-0.2, -0.15) is 0 Å². The van der Waals surface area contributed by atoms with Crippen LogP contribution < -0.4 is 4.90 Å². The fourth-order valence-electron chi connectivity index (χ4n) is 3.64. The molecule has 0 aromatic heterocycles. The van der Waals surface area contributed by atoms with Gasteiger partial charge in [0.15, 0.2) is 0 Å². The summed E-state index contributed by atoms with van der Waals surface area (Å²) in [6.07, 6.45) is 6.90. The average Bonchev–Trinajstić information content (AvgIpc) is 2.48. The zero-order valence-electron chi connectivity index (χ0n) is 12.4. The largest absolute Gasteiger partial charge is 0.367 e. The van der Waals surface area contributed by atoms with Gasteiger partial charge >= 0.3 is 0 Å². The normalized spacial score (nSPS) is 22.2. The Morgan fingerprint density at radius 1 is 1.00 bits per heavy atom. The summed E-state index contributed by atoms with van der Waals surface area (Å²) in [4.78, 5) is 4.83. The molecule has 3 heteroatoms. The molecule has 0 unspecified atom stereocenters. The number of anilines is 1. The lowest BCUT2D eigenvalue weighted by molar-refractivity contribution is 0.147. The minimum absolute atomic E-state index is 0.0730. The first-order valence-corrected chi connectivity index (χ1v) is 7.99. The second kappa shape index (κ2) is 6.13. The highest BCUT2D eigenvalue weighted by Crippen LogP contribution is 2.26. The molecule has 0 spiro atoms. The van der Waals surface area contributed by atoms with Crippen molar-refractivity contribution in [1.29, 1.82) is 0 Å². The van der Waals surface area contributed by atoms with Crippen LogP contribution in [0.5, 0.6) is 0 Å². The summed E-state index contributed by atoms with van der Waals surface area (Å²) in [5, 5.41) is 0. The zero-order valence-corrected chi connectivity index (χ0v) is 12.4. The highest BCUT2D eigenvalue weighted by molar-refractivity contribution is 5.49. The summed E-state index contributed by atoms with van der Waals surface area (Å²) >= 11 is 0. The molecular formula is C17H25FN2. The van der Waals surface area contributed by atoms with Crippen LogP contribution in [-0.4, -0.2) is 37.1 Å². The van der Waals surface area contributed by atoms with Crippen molar-refractivity contribution in [1.82, 2.24) is 4.90 Å². The van der Waals surface area contributed by atoms with Gasteiger partial charge in [0.25, 0.3) is 0 Å². The van der Waals surface area contributed by atoms with Crippen LogP contribution in [0.3, 0.4) is 0 Å². The van der Waals surface area contributed by atoms with Gasteiger partial charge in [0.2, 0.25) is 0 Å². The highest BCUT2D eigenvalue weighted by atomic mass is 19.1. The van der Waals surface area contributed by atoms with E-state index >= 15 is 0 Å². The predicted octanol–water partition coefficient (Wildman–Crippen LogP) is 3.59. The second-order valence-electron chi connectivity index (χ2n) is 6.27. The minimum atomic E-state index is -0.0730. The maximum absolute atomic E-state index is 14.0. The van der Waals surface area contributed by atoms with Gasteiger partial charge in [-0.1, -0.05) is 25.3 Å². The molecule has 1 heterocycles. The summed E-state index contributed by atoms with van der Waals surface area (Å²) in [5.74, 6) is -0.0730. The van der Waals surface area contributed by atoms with E-state index in [-0.39, 0.29) is 5.82 Å². The predicted molar refractivity (Wildman–Crippen MR) is 81.8 cm³/mol. The number of piperazine rings is 1. The van der Waals surface area contributed by atoms with Crippen molar-refractivity contribution in [2.75, 3.05) is 31.1 Å². The molecule has 1 aromatic carbocycles. The van der Waals surface area contributed by atoms with Gasteiger partial charge in [0, 0.05) is 32.2 Å². The minimum Gasteiger partial charge on any atom is -0.367 e. The Morgan fingerprint density at radius 3 is 2.35 bits per heavy atom. The Bertz CT molecular complexity index is 446. The standard InChI is InChI=1S/C17H25FN2/c1-14-7-8-17(16(18)13-14)20-11-9-19(10-12-20)15-5-3-2-4-6-15/h7-8,13,15H,2-6,9-12H2,1H3. The second-order valence-corrected chi connectivity index (χ2v) is 6.27. The van der Waals surface area contributed by atoms with Gasteiger partial charge in [-0.3, -0.25) is 4.90 Å². The molecular weight excluding hydrogens is 251 g/mol. The van der Waals surface area contributed by atoms with E-state index in [9.17, 15) is 4.39 Å². The Balaban J connectivity index is 1.60. The average molecular weight is 276 g/mol. The lowest BCUT2D eigenvalue weighted by Crippen LogP contribution is -2.51. The molecule has 110 valence electrons. The van der Waals surface area contributed by atoms with Crippen molar-refractivity contribution in [2.45, 2.75) is 45.1 Å². The van der Waals surface area contributed by atoms with Crippen molar-refractivity contribution in [3.8, 4) is 0 Å². The topological polar surface area (TPSA) is 6.48 Å². The fraction of sp³-hybridized carbons (Fsp3) is 0.647. The van der Waals surface area contributed by atoms with Crippen LogP contribution in [0.15, 0.2) is 18.2 Å². The molecule has 3 rings (SSSR count). The van der Waals surface area contributed by atoms with Crippen LogP contribution in [-0.2, 0) is 0 Å². The molecule has 0 N–H and O–H groups in total. The lowest BCUT2D eigenvalue weighted by atomic mass is 9.94. The molecule has 1 aliphatic carbocycles. The highest BCUT2D eigenvalue weighted by Gasteiger charge is 2.25. The van der Waals surface area contributed by atoms with Crippen molar-refractivity contribution in [3.63, 3.8) is 0 Å². The molecule has 0 amide bonds. The van der Waals surface area contributed by atoms with E-state index in [2.05, 4.69) is 9.80 Å². The van der Waals surface area contributed by atoms with Crippen molar-refractivity contribution < 1.29 is 4.39 Å². The van der Waals surface area contributed by atoms with Crippen molar-refractivity contribution >= 4 is 5.69 Å². The number of benzene rings is 1. The summed E-state index contributed by atoms with van der Waals surface area (Å²) in [7, 11) is 0. The SMILES string of the molecule is Cc1ccc(N2CCN(C3CCCCC3)CC2)c(F)c1. The number of halogens is 1. The maximum Gasteiger partial charge on any atom is 0.146 e. The smallest absolute Gasteiger partial charge is 0.146 e. The first-order chi connectivity index (χ1) is 9.74. The van der Waals surface area contributed by atoms with Gasteiger partial charge in [0.1, 0.15) is 5.82 Å². The lowest BCUT2D eigenvalue weighted by Gasteiger charge is -2.41. The third-order valence-corrected chi connectivity index (χ3v) is 4.85. The molecule has 0 bridgehead atoms. The summed E-state index contributed by atoms with van der Waals surface area (Å²) < 4.78 is 14.0. The van der Waals surface area contributed by atoms with Gasteiger partial charge in [-0.15, -0.1) is 0 Å². The molecule has 1 aliphatic heterocycles. The van der Waals surface area contributed by atoms with Crippen LogP contribution in [0, 0.1) is 12.7 Å². The van der Waals surface area contributed by atoms with Gasteiger partial charge in [0.05, 0.1) is 5.69 Å². The van der Waals surface area contributed by atoms with E-state index in [1.807, 2.05) is 19.1 Å². The van der Waals surface area contributed by atoms with Crippen molar-refractivity contribution in [2.24, 2.45) is 0 Å². The Kier molecular flexibility index (Phi) is 4.25. The maximum atomic E-state index is 14.0. The Labute approximate surface area is 121 Å². The number of hydrogen-bond donors (Lipinski definition) is 0. The van der Waals surface area contributed by atoms with E-state index in [0.29, 0.717) is 0 Å². The molecule has 1 saturated carbocycles. The monoisotopic (exact) mass is 276 g/mol. The van der Waals surface area contributed by atoms with E-state index in [1.54, 1.807) is 6.07 Å². The Hall–Kier alpha value is -1.09. The van der Waals surface area contributed by atoms with E-state index < -0.39 is 0 Å². The quantitative estimate of drug-likeness (QED) is 0.814. The zero-order chi connectivity index (χ0) is 13.9. The number of aryl methyl sites for hydroxylation is 1. The Morgan fingerprint density at radius 2 is 1.70 bits per heavy atom. The van der Waals surface area contributed by atoms with Crippen LogP contribution in [0.4, 0.5) is 10.1 Å². The molecule has 1 saturated heterocycles. The number of hydrogen-bond acceptors (Lipinski definition) is 2. The molecule has 2 fully saturated rings. The van der Waals surface area contributed by atoms with E-state index in [1.165, 1.54) is 32.1 Å². The molecule has 20 heavy (non-hydrogen) atoms. The summed E-state index contributed by atoms with van der Waals surface area (Å²) in [5.41, 5.74) is 1.77. The van der Waals surface area contributed by atoms with Crippen LogP contribution in [0.1, 0.15) is 37.7 Å². The molecule has 0 atom stereocenters. The number of rotatable bonds is 2. The van der Waals surface area contributed by atoms with Crippen LogP contribution in [0.25, 0.3) is 0 Å². The fourth-order valence-corrected chi connectivity index (χ4v) is 3.64. The van der Waals surface area contributed by atoms with Crippen molar-refractivity contribution in [3.05, 3.63) is 29.6 Å². The summed E-state index contributed by atoms with van der Waals surface area (Å²) in [6, 6.07) is 6.36. The molecule has 2 aliphatic rings. The van der Waals surface area contributed by atoms with Gasteiger partial charge < -0.3 is 4.90 Å². The third kappa shape index (κ3) is 2.98. The number of nitrogens with zero attached hydrogens (tertiary/aromatic N) is 2. The molecule has 2 nitrogen and oxygen atoms in total. The first-order valence-electron chi connectivity index (χ1n) is 7.99. The molecule has 0 radical (unpaired) electrons. The first kappa shape index (κ1) is 13.9.